The molecule has 0 spiro atoms. The van der Waals surface area contributed by atoms with Crippen molar-refractivity contribution in [3.05, 3.63) is 0 Å². The summed E-state index contributed by atoms with van der Waals surface area (Å²) in [6.45, 7) is 3.65. The van der Waals surface area contributed by atoms with Crippen molar-refractivity contribution >= 4 is 0 Å². The highest BCUT2D eigenvalue weighted by atomic mass is 16.3. The predicted octanol–water partition coefficient (Wildman–Crippen LogP) is 1.85. The first-order chi connectivity index (χ1) is 9.91. The van der Waals surface area contributed by atoms with Gasteiger partial charge in [-0.2, -0.15) is 0 Å². The summed E-state index contributed by atoms with van der Waals surface area (Å²) in [7, 11) is 4.22. The molecule has 0 radical (unpaired) electrons. The van der Waals surface area contributed by atoms with Crippen LogP contribution in [0.15, 0.2) is 0 Å². The molecule has 2 N–H and O–H groups in total. The van der Waals surface area contributed by atoms with E-state index in [1.807, 2.05) is 0 Å². The summed E-state index contributed by atoms with van der Waals surface area (Å²) in [5.74, 6) is 0. The predicted molar refractivity (Wildman–Crippen MR) is 86.4 cm³/mol. The van der Waals surface area contributed by atoms with Gasteiger partial charge in [-0.3, -0.25) is 0 Å². The summed E-state index contributed by atoms with van der Waals surface area (Å²) in [5, 5.41) is 20.8. The van der Waals surface area contributed by atoms with E-state index in [2.05, 4.69) is 23.9 Å². The van der Waals surface area contributed by atoms with Gasteiger partial charge in [-0.1, -0.05) is 25.7 Å². The van der Waals surface area contributed by atoms with Crippen LogP contribution in [0.1, 0.15) is 57.8 Å². The molecular formula is C17H34N2O2. The first-order valence-corrected chi connectivity index (χ1v) is 8.73. The minimum atomic E-state index is -0.431. The zero-order valence-corrected chi connectivity index (χ0v) is 14.0. The smallest absolute Gasteiger partial charge is 0.0774 e. The van der Waals surface area contributed by atoms with Gasteiger partial charge < -0.3 is 20.0 Å². The molecule has 2 aliphatic carbocycles. The lowest BCUT2D eigenvalue weighted by molar-refractivity contribution is 0.0101. The molecule has 0 aromatic rings. The van der Waals surface area contributed by atoms with Crippen molar-refractivity contribution in [3.8, 4) is 0 Å². The lowest BCUT2D eigenvalue weighted by atomic mass is 10.0. The normalized spacial score (nSPS) is 24.3. The van der Waals surface area contributed by atoms with Gasteiger partial charge in [-0.05, 0) is 59.3 Å². The van der Waals surface area contributed by atoms with E-state index < -0.39 is 11.2 Å². The van der Waals surface area contributed by atoms with Gasteiger partial charge in [0.25, 0.3) is 0 Å². The summed E-state index contributed by atoms with van der Waals surface area (Å²) in [6, 6.07) is 0. The molecule has 0 amide bonds. The summed E-state index contributed by atoms with van der Waals surface area (Å²) in [6.07, 6.45) is 9.64. The Bertz CT molecular complexity index is 280. The van der Waals surface area contributed by atoms with Crippen molar-refractivity contribution < 1.29 is 10.2 Å². The number of aliphatic hydroxyl groups is 2. The quantitative estimate of drug-likeness (QED) is 0.718. The number of hydrogen-bond donors (Lipinski definition) is 2. The number of hydrogen-bond acceptors (Lipinski definition) is 4. The van der Waals surface area contributed by atoms with Crippen molar-refractivity contribution in [1.29, 1.82) is 0 Å². The Kier molecular flexibility index (Phi) is 6.06. The molecule has 0 bridgehead atoms. The van der Waals surface area contributed by atoms with E-state index in [0.717, 1.165) is 58.3 Å². The van der Waals surface area contributed by atoms with Crippen molar-refractivity contribution in [2.45, 2.75) is 69.0 Å². The molecule has 2 aliphatic rings. The Balaban J connectivity index is 1.59. The van der Waals surface area contributed by atoms with Crippen molar-refractivity contribution in [2.24, 2.45) is 0 Å². The van der Waals surface area contributed by atoms with Gasteiger partial charge in [0.1, 0.15) is 0 Å². The summed E-state index contributed by atoms with van der Waals surface area (Å²) in [4.78, 5) is 4.53. The van der Waals surface area contributed by atoms with Gasteiger partial charge in [0.05, 0.1) is 11.2 Å². The molecule has 0 atom stereocenters. The highest BCUT2D eigenvalue weighted by molar-refractivity contribution is 4.88. The van der Waals surface area contributed by atoms with E-state index >= 15 is 0 Å². The highest BCUT2D eigenvalue weighted by Gasteiger charge is 2.33. The Morgan fingerprint density at radius 2 is 1.05 bits per heavy atom. The fourth-order valence-corrected chi connectivity index (χ4v) is 4.16. The molecule has 0 saturated heterocycles. The fraction of sp³-hybridized carbons (Fsp3) is 1.00. The summed E-state index contributed by atoms with van der Waals surface area (Å²) >= 11 is 0. The molecular weight excluding hydrogens is 264 g/mol. The second-order valence-corrected chi connectivity index (χ2v) is 7.69. The minimum absolute atomic E-state index is 0.431. The number of rotatable bonds is 8. The lowest BCUT2D eigenvalue weighted by Gasteiger charge is -2.30. The first-order valence-electron chi connectivity index (χ1n) is 8.73. The van der Waals surface area contributed by atoms with Crippen LogP contribution in [0.4, 0.5) is 0 Å². The lowest BCUT2D eigenvalue weighted by Crippen LogP contribution is -2.41. The molecule has 0 heterocycles. The van der Waals surface area contributed by atoms with E-state index in [4.69, 9.17) is 0 Å². The van der Waals surface area contributed by atoms with Crippen LogP contribution >= 0.6 is 0 Å². The maximum absolute atomic E-state index is 10.4. The monoisotopic (exact) mass is 298 g/mol. The molecule has 4 heteroatoms. The van der Waals surface area contributed by atoms with Gasteiger partial charge in [-0.15, -0.1) is 0 Å². The van der Waals surface area contributed by atoms with E-state index in [-0.39, 0.29) is 0 Å². The average Bonchev–Trinajstić information content (AvgIpc) is 2.98. The van der Waals surface area contributed by atoms with Crippen LogP contribution in [0.2, 0.25) is 0 Å². The van der Waals surface area contributed by atoms with Crippen molar-refractivity contribution in [2.75, 3.05) is 40.3 Å². The zero-order chi connectivity index (χ0) is 15.3. The van der Waals surface area contributed by atoms with E-state index in [9.17, 15) is 10.2 Å². The van der Waals surface area contributed by atoms with Gasteiger partial charge >= 0.3 is 0 Å². The summed E-state index contributed by atoms with van der Waals surface area (Å²) in [5.41, 5.74) is -0.862. The largest absolute Gasteiger partial charge is 0.389 e. The zero-order valence-electron chi connectivity index (χ0n) is 14.0. The molecule has 2 saturated carbocycles. The van der Waals surface area contributed by atoms with Crippen LogP contribution < -0.4 is 0 Å². The molecule has 0 aromatic carbocycles. The van der Waals surface area contributed by atoms with E-state index in [0.29, 0.717) is 0 Å². The minimum Gasteiger partial charge on any atom is -0.389 e. The molecule has 124 valence electrons. The molecule has 2 fully saturated rings. The van der Waals surface area contributed by atoms with Gasteiger partial charge in [0.15, 0.2) is 0 Å². The molecule has 0 aromatic heterocycles. The Labute approximate surface area is 130 Å². The average molecular weight is 298 g/mol. The Hall–Kier alpha value is -0.160. The SMILES string of the molecule is CN(CCCN(C)CC1(O)CCCC1)CC1(O)CCCC1. The van der Waals surface area contributed by atoms with Crippen LogP contribution in [-0.4, -0.2) is 71.5 Å². The third-order valence-electron chi connectivity index (χ3n) is 5.28. The maximum atomic E-state index is 10.4. The molecule has 21 heavy (non-hydrogen) atoms. The van der Waals surface area contributed by atoms with E-state index in [1.165, 1.54) is 25.7 Å². The third kappa shape index (κ3) is 5.51. The van der Waals surface area contributed by atoms with Crippen molar-refractivity contribution in [3.63, 3.8) is 0 Å². The van der Waals surface area contributed by atoms with Gasteiger partial charge in [0.2, 0.25) is 0 Å². The second kappa shape index (κ2) is 7.40. The Morgan fingerprint density at radius 3 is 1.38 bits per heavy atom. The van der Waals surface area contributed by atoms with Crippen LogP contribution in [0.25, 0.3) is 0 Å². The molecule has 0 unspecified atom stereocenters. The van der Waals surface area contributed by atoms with E-state index in [1.54, 1.807) is 0 Å². The second-order valence-electron chi connectivity index (χ2n) is 7.69. The van der Waals surface area contributed by atoms with Gasteiger partial charge in [0, 0.05) is 13.1 Å². The molecule has 2 rings (SSSR count). The van der Waals surface area contributed by atoms with Crippen LogP contribution in [0.3, 0.4) is 0 Å². The standard InChI is InChI=1S/C17H34N2O2/c1-18(14-16(20)8-3-4-9-16)12-7-13-19(2)15-17(21)10-5-6-11-17/h20-21H,3-15H2,1-2H3. The van der Waals surface area contributed by atoms with Crippen molar-refractivity contribution in [1.82, 2.24) is 9.80 Å². The van der Waals surface area contributed by atoms with Gasteiger partial charge in [-0.25, -0.2) is 0 Å². The van der Waals surface area contributed by atoms with Crippen LogP contribution in [0.5, 0.6) is 0 Å². The topological polar surface area (TPSA) is 46.9 Å². The number of likely N-dealkylation sites (N-methyl/N-ethyl adjacent to an activating group) is 2. The number of nitrogens with zero attached hydrogens (tertiary/aromatic N) is 2. The van der Waals surface area contributed by atoms with Crippen LogP contribution in [-0.2, 0) is 0 Å². The maximum Gasteiger partial charge on any atom is 0.0774 e. The van der Waals surface area contributed by atoms with Crippen LogP contribution in [0, 0.1) is 0 Å². The molecule has 4 nitrogen and oxygen atoms in total. The summed E-state index contributed by atoms with van der Waals surface area (Å²) < 4.78 is 0. The first kappa shape index (κ1) is 17.2. The molecule has 0 aliphatic heterocycles. The highest BCUT2D eigenvalue weighted by Crippen LogP contribution is 2.30. The Morgan fingerprint density at radius 1 is 0.714 bits per heavy atom. The fourth-order valence-electron chi connectivity index (χ4n) is 4.16. The third-order valence-corrected chi connectivity index (χ3v) is 5.28.